The van der Waals surface area contributed by atoms with Gasteiger partial charge in [-0.2, -0.15) is 0 Å². The van der Waals surface area contributed by atoms with Crippen molar-refractivity contribution in [2.24, 2.45) is 5.92 Å². The van der Waals surface area contributed by atoms with Gasteiger partial charge in [0.2, 0.25) is 0 Å². The number of methoxy groups -OCH3 is 1. The number of nitrogens with zero attached hydrogens (tertiary/aromatic N) is 3. The number of piperidine rings is 3. The van der Waals surface area contributed by atoms with Crippen LogP contribution in [0.1, 0.15) is 34.7 Å². The van der Waals surface area contributed by atoms with Crippen LogP contribution in [0.2, 0.25) is 0 Å². The number of benzene rings is 1. The molecule has 4 fully saturated rings. The van der Waals surface area contributed by atoms with Crippen LogP contribution < -0.4 is 4.74 Å². The predicted molar refractivity (Wildman–Crippen MR) is 103 cm³/mol. The summed E-state index contributed by atoms with van der Waals surface area (Å²) < 4.78 is 5.45. The molecule has 5 heteroatoms. The van der Waals surface area contributed by atoms with Crippen molar-refractivity contribution in [2.45, 2.75) is 30.8 Å². The van der Waals surface area contributed by atoms with Gasteiger partial charge in [0.15, 0.2) is 0 Å². The molecule has 0 N–H and O–H groups in total. The van der Waals surface area contributed by atoms with Crippen molar-refractivity contribution in [3.05, 3.63) is 59.9 Å². The molecule has 0 radical (unpaired) electrons. The van der Waals surface area contributed by atoms with Crippen molar-refractivity contribution in [1.82, 2.24) is 14.8 Å². The second-order valence-corrected chi connectivity index (χ2v) is 7.94. The summed E-state index contributed by atoms with van der Waals surface area (Å²) in [5, 5.41) is 0. The summed E-state index contributed by atoms with van der Waals surface area (Å²) in [5.41, 5.74) is 1.97. The third-order valence-electron chi connectivity index (χ3n) is 6.69. The third-order valence-corrected chi connectivity index (χ3v) is 6.69. The maximum absolute atomic E-state index is 13.3. The molecular formula is C22H25N3O2. The van der Waals surface area contributed by atoms with Crippen molar-refractivity contribution >= 4 is 5.91 Å². The summed E-state index contributed by atoms with van der Waals surface area (Å²) in [7, 11) is 1.71. The Labute approximate surface area is 159 Å². The van der Waals surface area contributed by atoms with E-state index in [-0.39, 0.29) is 5.91 Å². The Bertz CT molecular complexity index is 832. The van der Waals surface area contributed by atoms with E-state index in [4.69, 9.17) is 4.74 Å². The molecule has 5 heterocycles. The molecule has 1 aromatic carbocycles. The van der Waals surface area contributed by atoms with E-state index >= 15 is 0 Å². The summed E-state index contributed by atoms with van der Waals surface area (Å²) in [6, 6.07) is 12.8. The number of carbonyl (C=O) groups is 1. The highest BCUT2D eigenvalue weighted by atomic mass is 16.5. The first-order valence-corrected chi connectivity index (χ1v) is 9.85. The molecule has 6 rings (SSSR count). The number of rotatable bonds is 3. The number of likely N-dealkylation sites (tertiary alicyclic amines) is 1. The molecule has 27 heavy (non-hydrogen) atoms. The van der Waals surface area contributed by atoms with E-state index in [1.54, 1.807) is 19.5 Å². The normalized spacial score (nSPS) is 31.6. The molecule has 140 valence electrons. The highest BCUT2D eigenvalue weighted by Gasteiger charge is 2.54. The van der Waals surface area contributed by atoms with E-state index in [1.807, 2.05) is 18.2 Å². The summed E-state index contributed by atoms with van der Waals surface area (Å²) in [6.45, 7) is 3.08. The number of ether oxygens (including phenoxy) is 1. The molecule has 4 aliphatic rings. The number of carbonyl (C=O) groups excluding carboxylic acids is 1. The van der Waals surface area contributed by atoms with Gasteiger partial charge in [-0.05, 0) is 61.7 Å². The van der Waals surface area contributed by atoms with E-state index in [1.165, 1.54) is 18.4 Å². The first-order chi connectivity index (χ1) is 13.3. The minimum absolute atomic E-state index is 0.122. The minimum atomic E-state index is 0.122. The van der Waals surface area contributed by atoms with Gasteiger partial charge in [0.25, 0.3) is 5.91 Å². The second kappa shape index (κ2) is 6.64. The van der Waals surface area contributed by atoms with Crippen LogP contribution in [-0.4, -0.2) is 59.5 Å². The summed E-state index contributed by atoms with van der Waals surface area (Å²) in [6.07, 6.45) is 5.81. The number of amides is 1. The summed E-state index contributed by atoms with van der Waals surface area (Å²) >= 11 is 0. The summed E-state index contributed by atoms with van der Waals surface area (Å²) in [5.74, 6) is 1.94. The maximum Gasteiger partial charge on any atom is 0.255 e. The second-order valence-electron chi connectivity index (χ2n) is 7.94. The van der Waals surface area contributed by atoms with Crippen molar-refractivity contribution < 1.29 is 9.53 Å². The van der Waals surface area contributed by atoms with Crippen molar-refractivity contribution in [1.29, 1.82) is 0 Å². The SMILES string of the molecule is COc1cccc([C@@H]2CN(C(=O)c3cccnc3)[C@H]3C4CCN(CC4)[C@@H]23)c1. The van der Waals surface area contributed by atoms with Gasteiger partial charge < -0.3 is 9.64 Å². The van der Waals surface area contributed by atoms with E-state index in [2.05, 4.69) is 33.0 Å². The zero-order valence-corrected chi connectivity index (χ0v) is 15.6. The molecule has 0 spiro atoms. The molecule has 2 aromatic rings. The molecule has 0 aliphatic carbocycles. The van der Waals surface area contributed by atoms with Gasteiger partial charge in [-0.1, -0.05) is 12.1 Å². The zero-order chi connectivity index (χ0) is 18.4. The van der Waals surface area contributed by atoms with Crippen LogP contribution in [0.25, 0.3) is 0 Å². The van der Waals surface area contributed by atoms with Crippen LogP contribution in [0.3, 0.4) is 0 Å². The lowest BCUT2D eigenvalue weighted by Gasteiger charge is -2.51. The monoisotopic (exact) mass is 363 g/mol. The Morgan fingerprint density at radius 3 is 2.74 bits per heavy atom. The molecule has 1 amide bonds. The molecule has 4 saturated heterocycles. The van der Waals surface area contributed by atoms with Crippen molar-refractivity contribution in [3.63, 3.8) is 0 Å². The van der Waals surface area contributed by atoms with Crippen molar-refractivity contribution in [2.75, 3.05) is 26.7 Å². The van der Waals surface area contributed by atoms with E-state index in [0.717, 1.165) is 25.4 Å². The fraction of sp³-hybridized carbons (Fsp3) is 0.455. The summed E-state index contributed by atoms with van der Waals surface area (Å²) in [4.78, 5) is 22.2. The Kier molecular flexibility index (Phi) is 4.12. The zero-order valence-electron chi connectivity index (χ0n) is 15.6. The maximum atomic E-state index is 13.3. The van der Waals surface area contributed by atoms with Gasteiger partial charge in [0, 0.05) is 30.9 Å². The lowest BCUT2D eigenvalue weighted by molar-refractivity contribution is -0.00342. The van der Waals surface area contributed by atoms with E-state index in [0.29, 0.717) is 29.5 Å². The van der Waals surface area contributed by atoms with Crippen LogP contribution in [0.4, 0.5) is 0 Å². The predicted octanol–water partition coefficient (Wildman–Crippen LogP) is 2.79. The highest BCUT2D eigenvalue weighted by molar-refractivity contribution is 5.94. The quantitative estimate of drug-likeness (QED) is 0.841. The number of fused-ring (bicyclic) bond motifs is 2. The number of hydrogen-bond acceptors (Lipinski definition) is 4. The van der Waals surface area contributed by atoms with Gasteiger partial charge in [-0.3, -0.25) is 14.7 Å². The Morgan fingerprint density at radius 1 is 1.15 bits per heavy atom. The first kappa shape index (κ1) is 16.8. The molecule has 4 aliphatic heterocycles. The van der Waals surface area contributed by atoms with Gasteiger partial charge in [0.1, 0.15) is 5.75 Å². The average molecular weight is 363 g/mol. The largest absolute Gasteiger partial charge is 0.497 e. The molecule has 0 unspecified atom stereocenters. The van der Waals surface area contributed by atoms with Gasteiger partial charge >= 0.3 is 0 Å². The fourth-order valence-electron chi connectivity index (χ4n) is 5.48. The molecular weight excluding hydrogens is 338 g/mol. The smallest absolute Gasteiger partial charge is 0.255 e. The third kappa shape index (κ3) is 2.72. The van der Waals surface area contributed by atoms with Gasteiger partial charge in [-0.25, -0.2) is 0 Å². The highest BCUT2D eigenvalue weighted by Crippen LogP contribution is 2.47. The Balaban J connectivity index is 1.53. The average Bonchev–Trinajstić information content (AvgIpc) is 3.18. The molecule has 3 atom stereocenters. The van der Waals surface area contributed by atoms with Crippen LogP contribution >= 0.6 is 0 Å². The fourth-order valence-corrected chi connectivity index (χ4v) is 5.48. The first-order valence-electron chi connectivity index (χ1n) is 9.85. The molecule has 5 nitrogen and oxygen atoms in total. The van der Waals surface area contributed by atoms with Crippen LogP contribution in [0, 0.1) is 5.92 Å². The van der Waals surface area contributed by atoms with Gasteiger partial charge in [0.05, 0.1) is 18.7 Å². The molecule has 1 aromatic heterocycles. The van der Waals surface area contributed by atoms with Crippen molar-refractivity contribution in [3.8, 4) is 5.75 Å². The molecule has 2 bridgehead atoms. The number of aromatic nitrogens is 1. The topological polar surface area (TPSA) is 45.7 Å². The Hall–Kier alpha value is -2.40. The van der Waals surface area contributed by atoms with E-state index < -0.39 is 0 Å². The van der Waals surface area contributed by atoms with Crippen LogP contribution in [-0.2, 0) is 0 Å². The minimum Gasteiger partial charge on any atom is -0.497 e. The van der Waals surface area contributed by atoms with Crippen LogP contribution in [0.5, 0.6) is 5.75 Å². The van der Waals surface area contributed by atoms with Gasteiger partial charge in [-0.15, -0.1) is 0 Å². The standard InChI is InChI=1S/C22H25N3O2/c1-27-18-6-2-4-16(12-18)19-14-25(22(26)17-5-3-9-23-13-17)20-15-7-10-24(11-8-15)21(19)20/h2-6,9,12-13,15,19-21H,7-8,10-11,14H2,1H3/t19-,20-,21-/m0/s1. The van der Waals surface area contributed by atoms with E-state index in [9.17, 15) is 4.79 Å². The lowest BCUT2D eigenvalue weighted by Crippen LogP contribution is -2.60. The lowest BCUT2D eigenvalue weighted by atomic mass is 9.75. The Morgan fingerprint density at radius 2 is 2.00 bits per heavy atom. The number of pyridine rings is 1. The molecule has 0 saturated carbocycles. The van der Waals surface area contributed by atoms with Crippen LogP contribution in [0.15, 0.2) is 48.8 Å². The number of hydrogen-bond donors (Lipinski definition) is 0.